The van der Waals surface area contributed by atoms with Crippen LogP contribution in [0, 0.1) is 0 Å². The van der Waals surface area contributed by atoms with Crippen LogP contribution < -0.4 is 14.4 Å². The summed E-state index contributed by atoms with van der Waals surface area (Å²) in [4.78, 5) is 33.4. The molecule has 3 aromatic rings. The van der Waals surface area contributed by atoms with Crippen molar-refractivity contribution in [1.82, 2.24) is 9.88 Å². The second kappa shape index (κ2) is 5.78. The number of urea groups is 1. The second-order valence-electron chi connectivity index (χ2n) is 8.46. The molecular formula is C23H21N3O4. The van der Waals surface area contributed by atoms with E-state index in [-0.39, 0.29) is 11.9 Å². The zero-order valence-electron chi connectivity index (χ0n) is 16.8. The van der Waals surface area contributed by atoms with E-state index < -0.39 is 11.6 Å². The van der Waals surface area contributed by atoms with Gasteiger partial charge in [-0.3, -0.25) is 4.79 Å². The molecule has 30 heavy (non-hydrogen) atoms. The Morgan fingerprint density at radius 3 is 2.63 bits per heavy atom. The van der Waals surface area contributed by atoms with Gasteiger partial charge in [-0.25, -0.2) is 9.69 Å². The van der Waals surface area contributed by atoms with Crippen molar-refractivity contribution in [3.63, 3.8) is 0 Å². The van der Waals surface area contributed by atoms with Crippen LogP contribution in [-0.4, -0.2) is 41.1 Å². The van der Waals surface area contributed by atoms with E-state index >= 15 is 0 Å². The highest BCUT2D eigenvalue weighted by atomic mass is 16.6. The van der Waals surface area contributed by atoms with Crippen molar-refractivity contribution in [3.05, 3.63) is 53.7 Å². The highest BCUT2D eigenvalue weighted by Gasteiger charge is 2.56. The number of anilines is 1. The van der Waals surface area contributed by atoms with Crippen LogP contribution in [0.4, 0.5) is 10.5 Å². The summed E-state index contributed by atoms with van der Waals surface area (Å²) < 4.78 is 11.2. The van der Waals surface area contributed by atoms with Gasteiger partial charge in [-0.2, -0.15) is 0 Å². The summed E-state index contributed by atoms with van der Waals surface area (Å²) in [5.41, 5.74) is 2.99. The Kier molecular flexibility index (Phi) is 3.35. The third-order valence-electron chi connectivity index (χ3n) is 6.42. The first-order valence-electron chi connectivity index (χ1n) is 10.1. The van der Waals surface area contributed by atoms with Crippen LogP contribution in [0.3, 0.4) is 0 Å². The van der Waals surface area contributed by atoms with Crippen molar-refractivity contribution in [3.8, 4) is 11.5 Å². The van der Waals surface area contributed by atoms with Crippen molar-refractivity contribution in [2.75, 3.05) is 18.1 Å². The number of imide groups is 1. The maximum Gasteiger partial charge on any atom is 0.332 e. The minimum absolute atomic E-state index is 0.208. The number of aromatic nitrogens is 1. The fraction of sp³-hybridized carbons (Fsp3) is 0.304. The Morgan fingerprint density at radius 2 is 1.80 bits per heavy atom. The summed E-state index contributed by atoms with van der Waals surface area (Å²) in [7, 11) is 0. The normalized spacial score (nSPS) is 21.7. The first-order valence-corrected chi connectivity index (χ1v) is 10.1. The van der Waals surface area contributed by atoms with Crippen molar-refractivity contribution in [2.45, 2.75) is 31.8 Å². The van der Waals surface area contributed by atoms with Gasteiger partial charge >= 0.3 is 6.03 Å². The third kappa shape index (κ3) is 2.15. The van der Waals surface area contributed by atoms with Gasteiger partial charge in [0.1, 0.15) is 19.3 Å². The Labute approximate surface area is 173 Å². The van der Waals surface area contributed by atoms with Crippen molar-refractivity contribution >= 4 is 28.5 Å². The summed E-state index contributed by atoms with van der Waals surface area (Å²) in [6.07, 6.45) is 0.494. The molecule has 0 radical (unpaired) electrons. The number of hydrogen-bond donors (Lipinski definition) is 1. The van der Waals surface area contributed by atoms with Crippen LogP contribution in [0.1, 0.15) is 25.1 Å². The maximum absolute atomic E-state index is 13.5. The van der Waals surface area contributed by atoms with E-state index in [1.165, 1.54) is 4.90 Å². The van der Waals surface area contributed by atoms with Crippen LogP contribution >= 0.6 is 0 Å². The van der Waals surface area contributed by atoms with E-state index in [1.807, 2.05) is 32.0 Å². The molecule has 7 heteroatoms. The fourth-order valence-corrected chi connectivity index (χ4v) is 5.06. The molecule has 3 amide bonds. The summed E-state index contributed by atoms with van der Waals surface area (Å²) in [6.45, 7) is 4.92. The molecule has 1 fully saturated rings. The molecule has 0 saturated carbocycles. The van der Waals surface area contributed by atoms with Crippen molar-refractivity contribution < 1.29 is 19.1 Å². The molecule has 3 aliphatic heterocycles. The SMILES string of the molecule is CC1(C)c2[nH]c3ccccc3c2CC2C(=O)N(c3ccc4c(c3)OCCO4)C(=O)N21. The monoisotopic (exact) mass is 403 g/mol. The number of rotatable bonds is 1. The molecule has 0 aliphatic carbocycles. The van der Waals surface area contributed by atoms with E-state index in [4.69, 9.17) is 9.47 Å². The first kappa shape index (κ1) is 17.4. The van der Waals surface area contributed by atoms with Crippen LogP contribution in [0.5, 0.6) is 11.5 Å². The lowest BCUT2D eigenvalue weighted by molar-refractivity contribution is -0.121. The number of H-pyrrole nitrogens is 1. The van der Waals surface area contributed by atoms with Gasteiger partial charge < -0.3 is 19.4 Å². The number of hydrogen-bond acceptors (Lipinski definition) is 4. The number of aromatic amines is 1. The van der Waals surface area contributed by atoms with E-state index in [9.17, 15) is 9.59 Å². The minimum atomic E-state index is -0.646. The largest absolute Gasteiger partial charge is 0.486 e. The highest BCUT2D eigenvalue weighted by molar-refractivity contribution is 6.22. The zero-order chi connectivity index (χ0) is 20.6. The van der Waals surface area contributed by atoms with E-state index in [1.54, 1.807) is 23.1 Å². The van der Waals surface area contributed by atoms with Crippen LogP contribution in [0.2, 0.25) is 0 Å². The van der Waals surface area contributed by atoms with Crippen LogP contribution in [-0.2, 0) is 16.8 Å². The summed E-state index contributed by atoms with van der Waals surface area (Å²) in [6, 6.07) is 12.4. The van der Waals surface area contributed by atoms with Gasteiger partial charge in [-0.1, -0.05) is 18.2 Å². The van der Waals surface area contributed by atoms with E-state index in [0.29, 0.717) is 36.8 Å². The molecule has 0 bridgehead atoms. The minimum Gasteiger partial charge on any atom is -0.486 e. The predicted molar refractivity (Wildman–Crippen MR) is 111 cm³/mol. The number of amides is 3. The molecule has 1 N–H and O–H groups in total. The molecule has 4 heterocycles. The molecule has 6 rings (SSSR count). The Balaban J connectivity index is 1.45. The number of carbonyl (C=O) groups excluding carboxylic acids is 2. The number of nitrogens with one attached hydrogen (secondary N) is 1. The quantitative estimate of drug-likeness (QED) is 0.631. The van der Waals surface area contributed by atoms with Crippen LogP contribution in [0.15, 0.2) is 42.5 Å². The number of ether oxygens (including phenoxy) is 2. The van der Waals surface area contributed by atoms with Gasteiger partial charge in [0.05, 0.1) is 11.2 Å². The number of nitrogens with zero attached hydrogens (tertiary/aromatic N) is 2. The smallest absolute Gasteiger partial charge is 0.332 e. The predicted octanol–water partition coefficient (Wildman–Crippen LogP) is 3.57. The summed E-state index contributed by atoms with van der Waals surface area (Å²) >= 11 is 0. The fourth-order valence-electron chi connectivity index (χ4n) is 5.06. The summed E-state index contributed by atoms with van der Waals surface area (Å²) in [5, 5.41) is 1.11. The van der Waals surface area contributed by atoms with E-state index in [2.05, 4.69) is 11.1 Å². The lowest BCUT2D eigenvalue weighted by atomic mass is 9.85. The van der Waals surface area contributed by atoms with Gasteiger partial charge in [0, 0.05) is 29.1 Å². The van der Waals surface area contributed by atoms with Gasteiger partial charge in [-0.15, -0.1) is 0 Å². The number of fused-ring (bicyclic) bond motifs is 5. The zero-order valence-corrected chi connectivity index (χ0v) is 16.8. The molecule has 1 aromatic heterocycles. The number of benzene rings is 2. The molecule has 152 valence electrons. The molecule has 3 aliphatic rings. The average Bonchev–Trinajstić information content (AvgIpc) is 3.24. The second-order valence-corrected chi connectivity index (χ2v) is 8.46. The lowest BCUT2D eigenvalue weighted by Crippen LogP contribution is -2.52. The molecule has 1 saturated heterocycles. The van der Waals surface area contributed by atoms with Gasteiger partial charge in [0.2, 0.25) is 0 Å². The Morgan fingerprint density at radius 1 is 1.03 bits per heavy atom. The average molecular weight is 403 g/mol. The Bertz CT molecular complexity index is 1230. The van der Waals surface area contributed by atoms with E-state index in [0.717, 1.165) is 22.2 Å². The van der Waals surface area contributed by atoms with Gasteiger partial charge in [-0.05, 0) is 37.6 Å². The number of carbonyl (C=O) groups is 2. The van der Waals surface area contributed by atoms with Crippen molar-refractivity contribution in [2.24, 2.45) is 0 Å². The molecular weight excluding hydrogens is 382 g/mol. The standard InChI is InChI=1S/C23H21N3O4/c1-23(2)20-15(14-5-3-4-6-16(14)24-20)12-17-21(27)25(22(28)26(17)23)13-7-8-18-19(11-13)30-10-9-29-18/h3-8,11,17,24H,9-10,12H2,1-2H3. The molecule has 0 spiro atoms. The maximum atomic E-state index is 13.5. The molecule has 2 aromatic carbocycles. The molecule has 1 atom stereocenters. The topological polar surface area (TPSA) is 74.9 Å². The van der Waals surface area contributed by atoms with Gasteiger partial charge in [0.25, 0.3) is 5.91 Å². The first-order chi connectivity index (χ1) is 14.5. The van der Waals surface area contributed by atoms with Gasteiger partial charge in [0.15, 0.2) is 11.5 Å². The molecule has 1 unspecified atom stereocenters. The molecule has 7 nitrogen and oxygen atoms in total. The van der Waals surface area contributed by atoms with Crippen LogP contribution in [0.25, 0.3) is 10.9 Å². The third-order valence-corrected chi connectivity index (χ3v) is 6.42. The lowest BCUT2D eigenvalue weighted by Gasteiger charge is -2.42. The Hall–Kier alpha value is -3.48. The highest BCUT2D eigenvalue weighted by Crippen LogP contribution is 2.45. The number of para-hydroxylation sites is 1. The van der Waals surface area contributed by atoms with Crippen molar-refractivity contribution in [1.29, 1.82) is 0 Å². The summed E-state index contributed by atoms with van der Waals surface area (Å²) in [5.74, 6) is 0.976.